The van der Waals surface area contributed by atoms with Crippen molar-refractivity contribution in [2.45, 2.75) is 52.5 Å². The molecule has 1 N–H and O–H groups in total. The van der Waals surface area contributed by atoms with Crippen LogP contribution in [0.15, 0.2) is 72.6 Å². The number of aryl methyl sites for hydroxylation is 2. The summed E-state index contributed by atoms with van der Waals surface area (Å²) in [4.78, 5) is 4.74. The van der Waals surface area contributed by atoms with Gasteiger partial charge in [-0.15, -0.1) is 10.2 Å². The van der Waals surface area contributed by atoms with Crippen LogP contribution in [-0.2, 0) is 6.42 Å². The minimum atomic E-state index is -0.255. The lowest BCUT2D eigenvalue weighted by Crippen LogP contribution is -2.39. The molecule has 184 valence electrons. The third-order valence-electron chi connectivity index (χ3n) is 6.73. The average Bonchev–Trinajstić information content (AvgIpc) is 3.53. The number of aromatic amines is 1. The molecule has 5 rings (SSSR count). The van der Waals surface area contributed by atoms with Crippen LogP contribution in [0, 0.1) is 19.1 Å². The Balaban J connectivity index is 1.40. The molecule has 1 aliphatic rings. The van der Waals surface area contributed by atoms with Gasteiger partial charge in [0.05, 0.1) is 11.4 Å². The van der Waals surface area contributed by atoms with Crippen molar-refractivity contribution in [1.82, 2.24) is 30.8 Å². The van der Waals surface area contributed by atoms with E-state index in [1.165, 1.54) is 5.57 Å². The number of rotatable bonds is 8. The molecule has 1 atom stereocenters. The smallest absolute Gasteiger partial charge is 0.205 e. The molecule has 4 aromatic rings. The van der Waals surface area contributed by atoms with E-state index in [-0.39, 0.29) is 6.04 Å². The van der Waals surface area contributed by atoms with Crippen molar-refractivity contribution >= 4 is 5.69 Å². The molecule has 0 bridgehead atoms. The molecule has 36 heavy (non-hydrogen) atoms. The highest BCUT2D eigenvalue weighted by atomic mass is 16.6. The zero-order chi connectivity index (χ0) is 25.1. The number of H-pyrrole nitrogens is 1. The number of unbranched alkanes of at least 4 members (excludes halogenated alkanes) is 1. The number of aromatic nitrogens is 5. The monoisotopic (exact) mass is 480 g/mol. The van der Waals surface area contributed by atoms with Crippen molar-refractivity contribution in [1.29, 1.82) is 0 Å². The molecule has 1 unspecified atom stereocenters. The zero-order valence-corrected chi connectivity index (χ0v) is 20.8. The summed E-state index contributed by atoms with van der Waals surface area (Å²) in [5, 5.41) is 31.0. The topological polar surface area (TPSA) is 96.9 Å². The molecule has 0 fully saturated rings. The summed E-state index contributed by atoms with van der Waals surface area (Å²) in [6.45, 7) is 6.29. The second-order valence-corrected chi connectivity index (χ2v) is 9.25. The van der Waals surface area contributed by atoms with E-state index in [1.54, 1.807) is 5.01 Å². The third-order valence-corrected chi connectivity index (χ3v) is 6.73. The van der Waals surface area contributed by atoms with E-state index in [2.05, 4.69) is 59.6 Å². The molecule has 2 aromatic carbocycles. The number of benzene rings is 2. The van der Waals surface area contributed by atoms with E-state index in [0.717, 1.165) is 63.6 Å². The van der Waals surface area contributed by atoms with Gasteiger partial charge in [-0.25, -0.2) is 0 Å². The van der Waals surface area contributed by atoms with Crippen molar-refractivity contribution in [3.05, 3.63) is 94.5 Å². The van der Waals surface area contributed by atoms with E-state index < -0.39 is 0 Å². The number of pyridine rings is 1. The fraction of sp³-hybridized carbons (Fsp3) is 0.286. The van der Waals surface area contributed by atoms with Crippen LogP contribution in [0.3, 0.4) is 0 Å². The van der Waals surface area contributed by atoms with Crippen LogP contribution in [0.5, 0.6) is 0 Å². The number of nitrogens with one attached hydrogen (secondary N) is 1. The summed E-state index contributed by atoms with van der Waals surface area (Å²) in [7, 11) is 0. The molecular weight excluding hydrogens is 450 g/mol. The Labute approximate surface area is 211 Å². The highest BCUT2D eigenvalue weighted by molar-refractivity contribution is 5.78. The lowest BCUT2D eigenvalue weighted by Gasteiger charge is -2.41. The number of tetrazole rings is 1. The van der Waals surface area contributed by atoms with Gasteiger partial charge in [-0.1, -0.05) is 61.9 Å². The molecule has 3 heterocycles. The molecule has 8 nitrogen and oxygen atoms in total. The van der Waals surface area contributed by atoms with E-state index in [0.29, 0.717) is 12.2 Å². The first-order valence-electron chi connectivity index (χ1n) is 12.4. The average molecular weight is 481 g/mol. The quantitative estimate of drug-likeness (QED) is 0.342. The Morgan fingerprint density at radius 2 is 1.75 bits per heavy atom. The molecule has 0 radical (unpaired) electrons. The van der Waals surface area contributed by atoms with Gasteiger partial charge in [0.15, 0.2) is 0 Å². The van der Waals surface area contributed by atoms with Crippen LogP contribution in [0.2, 0.25) is 0 Å². The molecule has 0 saturated carbocycles. The molecule has 8 heteroatoms. The number of para-hydroxylation sites is 1. The summed E-state index contributed by atoms with van der Waals surface area (Å²) < 4.78 is 0. The van der Waals surface area contributed by atoms with E-state index in [1.807, 2.05) is 48.8 Å². The number of hydrogen-bond donors (Lipinski definition) is 1. The second kappa shape index (κ2) is 10.4. The molecule has 0 aliphatic carbocycles. The second-order valence-electron chi connectivity index (χ2n) is 9.25. The Morgan fingerprint density at radius 1 is 0.972 bits per heavy atom. The summed E-state index contributed by atoms with van der Waals surface area (Å²) in [6.07, 6.45) is 7.56. The summed E-state index contributed by atoms with van der Waals surface area (Å²) in [5.74, 6) is 0.529. The van der Waals surface area contributed by atoms with Gasteiger partial charge in [0.25, 0.3) is 0 Å². The van der Waals surface area contributed by atoms with Gasteiger partial charge < -0.3 is 5.21 Å². The van der Waals surface area contributed by atoms with Gasteiger partial charge in [-0.05, 0) is 66.7 Å². The normalized spacial score (nSPS) is 15.9. The zero-order valence-electron chi connectivity index (χ0n) is 20.8. The van der Waals surface area contributed by atoms with E-state index >= 15 is 0 Å². The maximum absolute atomic E-state index is 13.6. The fourth-order valence-electron chi connectivity index (χ4n) is 4.85. The van der Waals surface area contributed by atoms with Crippen LogP contribution in [0.4, 0.5) is 5.69 Å². The van der Waals surface area contributed by atoms with Gasteiger partial charge in [0.2, 0.25) is 5.82 Å². The van der Waals surface area contributed by atoms with Crippen molar-refractivity contribution in [2.24, 2.45) is 0 Å². The molecule has 1 aliphatic heterocycles. The number of nitrogens with zero attached hydrogens (tertiary/aromatic N) is 6. The molecular formula is C28H30N7O-. The van der Waals surface area contributed by atoms with Crippen LogP contribution in [0.1, 0.15) is 42.9 Å². The van der Waals surface area contributed by atoms with Crippen LogP contribution >= 0.6 is 0 Å². The lowest BCUT2D eigenvalue weighted by atomic mass is 9.97. The van der Waals surface area contributed by atoms with Gasteiger partial charge in [-0.2, -0.15) is 5.21 Å². The Morgan fingerprint density at radius 3 is 2.42 bits per heavy atom. The Hall–Kier alpha value is -3.88. The minimum Gasteiger partial charge on any atom is -0.766 e. The van der Waals surface area contributed by atoms with E-state index in [9.17, 15) is 5.21 Å². The fourth-order valence-corrected chi connectivity index (χ4v) is 4.85. The molecule has 0 saturated heterocycles. The number of hydrogen-bond acceptors (Lipinski definition) is 7. The van der Waals surface area contributed by atoms with E-state index in [4.69, 9.17) is 4.98 Å². The highest BCUT2D eigenvalue weighted by Gasteiger charge is 2.29. The first-order chi connectivity index (χ1) is 17.6. The largest absolute Gasteiger partial charge is 0.766 e. The number of hydroxylamine groups is 1. The van der Waals surface area contributed by atoms with Crippen LogP contribution in [-0.4, -0.2) is 36.8 Å². The predicted octanol–water partition coefficient (Wildman–Crippen LogP) is 5.77. The van der Waals surface area contributed by atoms with Crippen molar-refractivity contribution in [2.75, 3.05) is 5.01 Å². The Kier molecular flexibility index (Phi) is 6.88. The lowest BCUT2D eigenvalue weighted by molar-refractivity contribution is 0.331. The highest BCUT2D eigenvalue weighted by Crippen LogP contribution is 2.36. The minimum absolute atomic E-state index is 0.255. The summed E-state index contributed by atoms with van der Waals surface area (Å²) >= 11 is 0. The van der Waals surface area contributed by atoms with Crippen molar-refractivity contribution in [3.63, 3.8) is 0 Å². The van der Waals surface area contributed by atoms with Crippen LogP contribution < -0.4 is 5.01 Å². The molecule has 0 amide bonds. The SMILES string of the molecule is CCCCC1=CN(c2c(C)cccc2C)N([O-])C1Cc1ccc(-c2ccccc2-c2nn[nH]n2)nc1. The van der Waals surface area contributed by atoms with Gasteiger partial charge >= 0.3 is 0 Å². The first-order valence-corrected chi connectivity index (χ1v) is 12.4. The standard InChI is InChI=1S/C28H30N7O/c1-4-5-11-22-18-34(27-19(2)9-8-10-20(27)3)35(36)26(22)16-21-14-15-25(29-17-21)23-12-6-7-13-24(23)28-30-32-33-31-28/h6-10,12-15,17-18,26H,4-5,11,16H2,1-3H3,(H,30,31,32,33)/q-1. The number of hydrazine groups is 1. The van der Waals surface area contributed by atoms with Crippen molar-refractivity contribution in [3.8, 4) is 22.6 Å². The molecule has 2 aromatic heterocycles. The first kappa shape index (κ1) is 23.8. The molecule has 0 spiro atoms. The summed E-state index contributed by atoms with van der Waals surface area (Å²) in [6, 6.07) is 17.8. The van der Waals surface area contributed by atoms with Gasteiger partial charge in [0, 0.05) is 29.6 Å². The van der Waals surface area contributed by atoms with Crippen molar-refractivity contribution < 1.29 is 0 Å². The summed E-state index contributed by atoms with van der Waals surface area (Å²) in [5.41, 5.74) is 7.96. The van der Waals surface area contributed by atoms with Crippen LogP contribution in [0.25, 0.3) is 22.6 Å². The predicted molar refractivity (Wildman–Crippen MR) is 142 cm³/mol. The van der Waals surface area contributed by atoms with Gasteiger partial charge in [-0.3, -0.25) is 15.2 Å². The third kappa shape index (κ3) is 4.65. The number of anilines is 1. The maximum Gasteiger partial charge on any atom is 0.205 e. The maximum atomic E-state index is 13.6. The Bertz CT molecular complexity index is 1330. The van der Waals surface area contributed by atoms with Gasteiger partial charge in [0.1, 0.15) is 0 Å².